The summed E-state index contributed by atoms with van der Waals surface area (Å²) >= 11 is 1.73. The van der Waals surface area contributed by atoms with Gasteiger partial charge in [0, 0.05) is 31.1 Å². The predicted octanol–water partition coefficient (Wildman–Crippen LogP) is 3.94. The zero-order valence-electron chi connectivity index (χ0n) is 15.9. The Labute approximate surface area is 177 Å². The summed E-state index contributed by atoms with van der Waals surface area (Å²) in [5.41, 5.74) is 2.30. The second kappa shape index (κ2) is 12.1. The Bertz CT molecular complexity index is 690. The average Bonchev–Trinajstić information content (AvgIpc) is 2.99. The first kappa shape index (κ1) is 22.7. The van der Waals surface area contributed by atoms with Gasteiger partial charge in [0.15, 0.2) is 5.96 Å². The van der Waals surface area contributed by atoms with Crippen molar-refractivity contribution in [3.05, 3.63) is 45.9 Å². The lowest BCUT2D eigenvalue weighted by Gasteiger charge is -2.18. The summed E-state index contributed by atoms with van der Waals surface area (Å²) in [6.45, 7) is 7.71. The summed E-state index contributed by atoms with van der Waals surface area (Å²) in [7, 11) is 1.78. The van der Waals surface area contributed by atoms with Crippen LogP contribution in [0.4, 0.5) is 0 Å². The van der Waals surface area contributed by atoms with E-state index in [1.54, 1.807) is 18.4 Å². The molecule has 1 atom stereocenters. The quantitative estimate of drug-likeness (QED) is 0.256. The highest BCUT2D eigenvalue weighted by atomic mass is 127. The Morgan fingerprint density at radius 2 is 2.12 bits per heavy atom. The monoisotopic (exact) mass is 488 g/mol. The van der Waals surface area contributed by atoms with Crippen LogP contribution in [0.2, 0.25) is 0 Å². The van der Waals surface area contributed by atoms with Gasteiger partial charge in [-0.1, -0.05) is 12.1 Å². The van der Waals surface area contributed by atoms with E-state index in [1.165, 1.54) is 10.6 Å². The van der Waals surface area contributed by atoms with Gasteiger partial charge in [0.1, 0.15) is 11.9 Å². The summed E-state index contributed by atoms with van der Waals surface area (Å²) in [5.74, 6) is 1.70. The highest BCUT2D eigenvalue weighted by molar-refractivity contribution is 14.0. The number of guanidine groups is 1. The maximum Gasteiger partial charge on any atom is 0.191 e. The van der Waals surface area contributed by atoms with Gasteiger partial charge in [-0.2, -0.15) is 0 Å². The molecule has 0 aliphatic rings. The molecule has 0 aliphatic heterocycles. The number of nitrogens with zero attached hydrogens (tertiary/aromatic N) is 2. The van der Waals surface area contributed by atoms with Gasteiger partial charge >= 0.3 is 0 Å². The number of benzene rings is 1. The van der Waals surface area contributed by atoms with Gasteiger partial charge in [0.25, 0.3) is 0 Å². The lowest BCUT2D eigenvalue weighted by Crippen LogP contribution is -2.42. The molecule has 7 heteroatoms. The van der Waals surface area contributed by atoms with Crippen molar-refractivity contribution in [1.82, 2.24) is 15.6 Å². The number of hydrogen-bond acceptors (Lipinski definition) is 4. The maximum atomic E-state index is 5.92. The minimum Gasteiger partial charge on any atom is -0.489 e. The van der Waals surface area contributed by atoms with Crippen LogP contribution in [0.1, 0.15) is 29.6 Å². The van der Waals surface area contributed by atoms with Crippen molar-refractivity contribution in [3.63, 3.8) is 0 Å². The largest absolute Gasteiger partial charge is 0.489 e. The van der Waals surface area contributed by atoms with Gasteiger partial charge < -0.3 is 15.4 Å². The second-order valence-corrected chi connectivity index (χ2v) is 7.05. The number of ether oxygens (including phenoxy) is 1. The third kappa shape index (κ3) is 8.35. The average molecular weight is 488 g/mol. The van der Waals surface area contributed by atoms with E-state index in [4.69, 9.17) is 4.74 Å². The summed E-state index contributed by atoms with van der Waals surface area (Å²) in [4.78, 5) is 8.74. The molecule has 0 amide bonds. The van der Waals surface area contributed by atoms with Crippen molar-refractivity contribution in [2.45, 2.75) is 39.7 Å². The minimum atomic E-state index is 0. The number of thiazole rings is 1. The first-order valence-corrected chi connectivity index (χ1v) is 9.53. The molecule has 144 valence electrons. The van der Waals surface area contributed by atoms with Crippen LogP contribution < -0.4 is 15.4 Å². The molecule has 1 aromatic heterocycles. The van der Waals surface area contributed by atoms with Crippen molar-refractivity contribution in [1.29, 1.82) is 0 Å². The smallest absolute Gasteiger partial charge is 0.191 e. The summed E-state index contributed by atoms with van der Waals surface area (Å²) in [6.07, 6.45) is 2.08. The molecule has 26 heavy (non-hydrogen) atoms. The fraction of sp³-hybridized carbons (Fsp3) is 0.474. The van der Waals surface area contributed by atoms with Gasteiger partial charge in [-0.15, -0.1) is 35.3 Å². The highest BCUT2D eigenvalue weighted by Gasteiger charge is 2.06. The predicted molar refractivity (Wildman–Crippen MR) is 121 cm³/mol. The van der Waals surface area contributed by atoms with Crippen LogP contribution >= 0.6 is 35.3 Å². The molecule has 0 bridgehead atoms. The minimum absolute atomic E-state index is 0. The van der Waals surface area contributed by atoms with Crippen LogP contribution in [0.5, 0.6) is 5.75 Å². The Kier molecular flexibility index (Phi) is 10.6. The fourth-order valence-corrected chi connectivity index (χ4v) is 3.21. The molecular weight excluding hydrogens is 459 g/mol. The third-order valence-corrected chi connectivity index (χ3v) is 4.66. The molecule has 1 aromatic carbocycles. The Balaban J connectivity index is 0.00000338. The van der Waals surface area contributed by atoms with Crippen molar-refractivity contribution < 1.29 is 4.74 Å². The first-order valence-electron chi connectivity index (χ1n) is 8.65. The van der Waals surface area contributed by atoms with Crippen molar-refractivity contribution in [2.24, 2.45) is 4.99 Å². The lowest BCUT2D eigenvalue weighted by molar-refractivity contribution is 0.223. The van der Waals surface area contributed by atoms with Gasteiger partial charge in [0.2, 0.25) is 0 Å². The number of aromatic nitrogens is 1. The van der Waals surface area contributed by atoms with E-state index in [0.717, 1.165) is 36.8 Å². The molecule has 1 heterocycles. The topological polar surface area (TPSA) is 58.5 Å². The normalized spacial score (nSPS) is 12.2. The number of aliphatic imine (C=N–C) groups is 1. The Hall–Kier alpha value is -1.35. The van der Waals surface area contributed by atoms with Crippen LogP contribution in [0.25, 0.3) is 0 Å². The van der Waals surface area contributed by atoms with E-state index in [1.807, 2.05) is 32.0 Å². The zero-order chi connectivity index (χ0) is 18.1. The molecule has 2 N–H and O–H groups in total. The SMILES string of the molecule is CN=C(NCCCc1nc(C)cs1)NCC(C)Oc1cccc(C)c1.I. The standard InChI is InChI=1S/C19H28N4OS.HI/c1-14-7-5-8-17(11-14)24-16(3)12-22-19(20-4)21-10-6-9-18-23-15(2)13-25-18;/h5,7-8,11,13,16H,6,9-10,12H2,1-4H3,(H2,20,21,22);1H. The van der Waals surface area contributed by atoms with Crippen LogP contribution in [0.15, 0.2) is 34.6 Å². The summed E-state index contributed by atoms with van der Waals surface area (Å²) in [6, 6.07) is 8.10. The van der Waals surface area contributed by atoms with Gasteiger partial charge in [-0.3, -0.25) is 4.99 Å². The van der Waals surface area contributed by atoms with Crippen molar-refractivity contribution in [2.75, 3.05) is 20.1 Å². The van der Waals surface area contributed by atoms with E-state index >= 15 is 0 Å². The summed E-state index contributed by atoms with van der Waals surface area (Å²) < 4.78 is 5.92. The van der Waals surface area contributed by atoms with Gasteiger partial charge in [-0.05, 0) is 44.9 Å². The van der Waals surface area contributed by atoms with Crippen LogP contribution in [-0.2, 0) is 6.42 Å². The van der Waals surface area contributed by atoms with E-state index in [9.17, 15) is 0 Å². The third-order valence-electron chi connectivity index (χ3n) is 3.63. The molecule has 5 nitrogen and oxygen atoms in total. The number of aryl methyl sites for hydroxylation is 3. The molecule has 0 spiro atoms. The summed E-state index contributed by atoms with van der Waals surface area (Å²) in [5, 5.41) is 9.94. The molecule has 0 aliphatic carbocycles. The van der Waals surface area contributed by atoms with E-state index in [0.29, 0.717) is 6.54 Å². The molecule has 2 rings (SSSR count). The van der Waals surface area contributed by atoms with E-state index in [2.05, 4.69) is 39.0 Å². The number of hydrogen-bond donors (Lipinski definition) is 2. The molecule has 1 unspecified atom stereocenters. The number of nitrogens with one attached hydrogen (secondary N) is 2. The number of rotatable bonds is 8. The van der Waals surface area contributed by atoms with Crippen LogP contribution in [0.3, 0.4) is 0 Å². The highest BCUT2D eigenvalue weighted by Crippen LogP contribution is 2.14. The zero-order valence-corrected chi connectivity index (χ0v) is 19.1. The fourth-order valence-electron chi connectivity index (χ4n) is 2.39. The molecular formula is C19H29IN4OS. The number of halogens is 1. The maximum absolute atomic E-state index is 5.92. The first-order chi connectivity index (χ1) is 12.1. The molecule has 0 saturated carbocycles. The van der Waals surface area contributed by atoms with Gasteiger partial charge in [0.05, 0.1) is 11.6 Å². The van der Waals surface area contributed by atoms with E-state index in [-0.39, 0.29) is 30.1 Å². The molecule has 2 aromatic rings. The van der Waals surface area contributed by atoms with Gasteiger partial charge in [-0.25, -0.2) is 4.98 Å². The van der Waals surface area contributed by atoms with Crippen LogP contribution in [-0.4, -0.2) is 37.2 Å². The molecule has 0 radical (unpaired) electrons. The molecule has 0 fully saturated rings. The Morgan fingerprint density at radius 1 is 1.31 bits per heavy atom. The molecule has 0 saturated heterocycles. The van der Waals surface area contributed by atoms with Crippen molar-refractivity contribution >= 4 is 41.3 Å². The van der Waals surface area contributed by atoms with Crippen LogP contribution in [0, 0.1) is 13.8 Å². The van der Waals surface area contributed by atoms with Crippen molar-refractivity contribution in [3.8, 4) is 5.75 Å². The second-order valence-electron chi connectivity index (χ2n) is 6.11. The lowest BCUT2D eigenvalue weighted by atomic mass is 10.2. The Morgan fingerprint density at radius 3 is 2.77 bits per heavy atom. The van der Waals surface area contributed by atoms with E-state index < -0.39 is 0 Å².